The number of piperazine rings is 1. The molecule has 0 unspecified atom stereocenters. The predicted molar refractivity (Wildman–Crippen MR) is 69.1 cm³/mol. The Morgan fingerprint density at radius 2 is 1.39 bits per heavy atom. The summed E-state index contributed by atoms with van der Waals surface area (Å²) in [7, 11) is 0. The molecule has 0 atom stereocenters. The van der Waals surface area contributed by atoms with Gasteiger partial charge in [-0.15, -0.1) is 0 Å². The van der Waals surface area contributed by atoms with Crippen molar-refractivity contribution in [2.75, 3.05) is 45.8 Å². The predicted octanol–water partition coefficient (Wildman–Crippen LogP) is 0.163. The van der Waals surface area contributed by atoms with Gasteiger partial charge in [-0.3, -0.25) is 14.5 Å². The molecule has 0 spiro atoms. The van der Waals surface area contributed by atoms with Crippen molar-refractivity contribution in [3.05, 3.63) is 0 Å². The topological polar surface area (TPSA) is 43.9 Å². The van der Waals surface area contributed by atoms with Gasteiger partial charge >= 0.3 is 0 Å². The van der Waals surface area contributed by atoms with Crippen LogP contribution in [-0.2, 0) is 9.59 Å². The number of carbonyl (C=O) groups excluding carboxylic acids is 2. The van der Waals surface area contributed by atoms with Crippen LogP contribution in [0.4, 0.5) is 0 Å². The number of likely N-dealkylation sites (tertiary alicyclic amines) is 1. The summed E-state index contributed by atoms with van der Waals surface area (Å²) in [5.41, 5.74) is 0. The van der Waals surface area contributed by atoms with E-state index in [-0.39, 0.29) is 11.8 Å². The molecule has 0 N–H and O–H groups in total. The fraction of sp³-hybridized carbons (Fsp3) is 0.846. The van der Waals surface area contributed by atoms with Crippen molar-refractivity contribution in [1.29, 1.82) is 0 Å². The molecular formula is C13H23N3O2. The molecule has 2 rings (SSSR count). The van der Waals surface area contributed by atoms with Crippen LogP contribution in [0.3, 0.4) is 0 Å². The number of piperidine rings is 1. The second-order valence-electron chi connectivity index (χ2n) is 5.22. The number of amides is 2. The molecule has 5 heteroatoms. The van der Waals surface area contributed by atoms with Gasteiger partial charge in [0.15, 0.2) is 0 Å². The first kappa shape index (κ1) is 13.3. The van der Waals surface area contributed by atoms with Gasteiger partial charge in [-0.2, -0.15) is 0 Å². The van der Waals surface area contributed by atoms with Crippen LogP contribution in [0, 0.1) is 0 Å². The van der Waals surface area contributed by atoms with E-state index >= 15 is 0 Å². The van der Waals surface area contributed by atoms with Gasteiger partial charge in [0.05, 0.1) is 6.54 Å². The molecular weight excluding hydrogens is 230 g/mol. The second-order valence-corrected chi connectivity index (χ2v) is 5.22. The molecule has 0 aromatic heterocycles. The SMILES string of the molecule is CC(=O)N1CCN(C(=O)CN2CCCCC2)CC1. The summed E-state index contributed by atoms with van der Waals surface area (Å²) in [5.74, 6) is 0.332. The molecule has 0 bridgehead atoms. The van der Waals surface area contributed by atoms with Gasteiger partial charge in [-0.05, 0) is 25.9 Å². The molecule has 18 heavy (non-hydrogen) atoms. The lowest BCUT2D eigenvalue weighted by Crippen LogP contribution is -2.52. The van der Waals surface area contributed by atoms with E-state index in [4.69, 9.17) is 0 Å². The van der Waals surface area contributed by atoms with E-state index in [2.05, 4.69) is 4.90 Å². The number of nitrogens with zero attached hydrogens (tertiary/aromatic N) is 3. The Morgan fingerprint density at radius 1 is 0.833 bits per heavy atom. The molecule has 102 valence electrons. The Hall–Kier alpha value is -1.10. The number of rotatable bonds is 2. The zero-order chi connectivity index (χ0) is 13.0. The summed E-state index contributed by atoms with van der Waals surface area (Å²) in [6, 6.07) is 0. The van der Waals surface area contributed by atoms with Crippen molar-refractivity contribution >= 4 is 11.8 Å². The standard InChI is InChI=1S/C13H23N3O2/c1-12(17)15-7-9-16(10-8-15)13(18)11-14-5-3-2-4-6-14/h2-11H2,1H3. The first-order valence-electron chi connectivity index (χ1n) is 6.92. The average molecular weight is 253 g/mol. The van der Waals surface area contributed by atoms with Crippen LogP contribution in [0.1, 0.15) is 26.2 Å². The molecule has 2 fully saturated rings. The van der Waals surface area contributed by atoms with Crippen LogP contribution in [0.15, 0.2) is 0 Å². The minimum Gasteiger partial charge on any atom is -0.339 e. The summed E-state index contributed by atoms with van der Waals surface area (Å²) >= 11 is 0. The Morgan fingerprint density at radius 3 is 1.94 bits per heavy atom. The summed E-state index contributed by atoms with van der Waals surface area (Å²) in [6.45, 7) is 6.99. The van der Waals surface area contributed by atoms with Crippen molar-refractivity contribution < 1.29 is 9.59 Å². The fourth-order valence-electron chi connectivity index (χ4n) is 2.68. The zero-order valence-electron chi connectivity index (χ0n) is 11.2. The molecule has 2 aliphatic heterocycles. The van der Waals surface area contributed by atoms with Crippen LogP contribution in [0.25, 0.3) is 0 Å². The van der Waals surface area contributed by atoms with Crippen molar-refractivity contribution in [2.45, 2.75) is 26.2 Å². The maximum Gasteiger partial charge on any atom is 0.236 e. The van der Waals surface area contributed by atoms with E-state index in [0.29, 0.717) is 32.7 Å². The van der Waals surface area contributed by atoms with Gasteiger partial charge in [0.25, 0.3) is 0 Å². The van der Waals surface area contributed by atoms with E-state index in [1.165, 1.54) is 19.3 Å². The second kappa shape index (κ2) is 6.18. The molecule has 2 saturated heterocycles. The van der Waals surface area contributed by atoms with Crippen molar-refractivity contribution in [3.8, 4) is 0 Å². The van der Waals surface area contributed by atoms with E-state index < -0.39 is 0 Å². The average Bonchev–Trinajstić information content (AvgIpc) is 2.40. The Bertz CT molecular complexity index is 305. The highest BCUT2D eigenvalue weighted by Crippen LogP contribution is 2.09. The highest BCUT2D eigenvalue weighted by Gasteiger charge is 2.24. The van der Waals surface area contributed by atoms with Crippen molar-refractivity contribution in [1.82, 2.24) is 14.7 Å². The van der Waals surface area contributed by atoms with Crippen molar-refractivity contribution in [3.63, 3.8) is 0 Å². The highest BCUT2D eigenvalue weighted by atomic mass is 16.2. The van der Waals surface area contributed by atoms with Crippen LogP contribution >= 0.6 is 0 Å². The Kier molecular flexibility index (Phi) is 4.58. The number of hydrogen-bond donors (Lipinski definition) is 0. The van der Waals surface area contributed by atoms with Gasteiger partial charge in [0.1, 0.15) is 0 Å². The third-order valence-electron chi connectivity index (χ3n) is 3.89. The monoisotopic (exact) mass is 253 g/mol. The summed E-state index contributed by atoms with van der Waals surface area (Å²) in [5, 5.41) is 0. The van der Waals surface area contributed by atoms with Gasteiger partial charge < -0.3 is 9.80 Å². The largest absolute Gasteiger partial charge is 0.339 e. The minimum atomic E-state index is 0.109. The Balaban J connectivity index is 1.75. The van der Waals surface area contributed by atoms with Crippen LogP contribution in [-0.4, -0.2) is 72.3 Å². The van der Waals surface area contributed by atoms with Crippen molar-refractivity contribution in [2.24, 2.45) is 0 Å². The maximum absolute atomic E-state index is 12.1. The molecule has 2 aliphatic rings. The summed E-state index contributed by atoms with van der Waals surface area (Å²) < 4.78 is 0. The Labute approximate surface area is 109 Å². The lowest BCUT2D eigenvalue weighted by Gasteiger charge is -2.36. The van der Waals surface area contributed by atoms with E-state index in [0.717, 1.165) is 13.1 Å². The maximum atomic E-state index is 12.1. The quantitative estimate of drug-likeness (QED) is 0.704. The summed E-state index contributed by atoms with van der Waals surface area (Å²) in [6.07, 6.45) is 3.72. The van der Waals surface area contributed by atoms with Crippen LogP contribution < -0.4 is 0 Å². The molecule has 0 aromatic rings. The van der Waals surface area contributed by atoms with E-state index in [1.54, 1.807) is 6.92 Å². The first-order valence-corrected chi connectivity index (χ1v) is 6.92. The van der Waals surface area contributed by atoms with Crippen LogP contribution in [0.2, 0.25) is 0 Å². The molecule has 2 amide bonds. The molecule has 0 aromatic carbocycles. The molecule has 5 nitrogen and oxygen atoms in total. The summed E-state index contributed by atoms with van der Waals surface area (Å²) in [4.78, 5) is 29.3. The van der Waals surface area contributed by atoms with E-state index in [9.17, 15) is 9.59 Å². The third kappa shape index (κ3) is 3.45. The molecule has 0 aliphatic carbocycles. The molecule has 0 saturated carbocycles. The molecule has 2 heterocycles. The number of carbonyl (C=O) groups is 2. The first-order chi connectivity index (χ1) is 8.66. The lowest BCUT2D eigenvalue weighted by atomic mass is 10.1. The third-order valence-corrected chi connectivity index (χ3v) is 3.89. The van der Waals surface area contributed by atoms with Gasteiger partial charge in [-0.25, -0.2) is 0 Å². The fourth-order valence-corrected chi connectivity index (χ4v) is 2.68. The van der Waals surface area contributed by atoms with E-state index in [1.807, 2.05) is 9.80 Å². The van der Waals surface area contributed by atoms with Gasteiger partial charge in [0.2, 0.25) is 11.8 Å². The van der Waals surface area contributed by atoms with Gasteiger partial charge in [0, 0.05) is 33.1 Å². The number of hydrogen-bond acceptors (Lipinski definition) is 3. The smallest absolute Gasteiger partial charge is 0.236 e. The zero-order valence-corrected chi connectivity index (χ0v) is 11.2. The van der Waals surface area contributed by atoms with Gasteiger partial charge in [-0.1, -0.05) is 6.42 Å². The normalized spacial score (nSPS) is 22.1. The highest BCUT2D eigenvalue weighted by molar-refractivity contribution is 5.79. The molecule has 0 radical (unpaired) electrons. The minimum absolute atomic E-state index is 0.109. The van der Waals surface area contributed by atoms with Crippen LogP contribution in [0.5, 0.6) is 0 Å². The lowest BCUT2D eigenvalue weighted by molar-refractivity contribution is -0.139.